The molecule has 0 saturated carbocycles. The molecule has 112 valence electrons. The monoisotopic (exact) mass is 289 g/mol. The van der Waals surface area contributed by atoms with Gasteiger partial charge in [-0.05, 0) is 43.9 Å². The first-order chi connectivity index (χ1) is 10.1. The van der Waals surface area contributed by atoms with Crippen LogP contribution in [0.3, 0.4) is 0 Å². The summed E-state index contributed by atoms with van der Waals surface area (Å²) in [7, 11) is 3.67. The van der Waals surface area contributed by atoms with Crippen LogP contribution in [0.5, 0.6) is 0 Å². The number of carbonyl (C=O) groups excluding carboxylic acids is 1. The largest absolute Gasteiger partial charge is 0.353 e. The lowest BCUT2D eigenvalue weighted by atomic mass is 10.1. The van der Waals surface area contributed by atoms with E-state index >= 15 is 0 Å². The molecular formula is C16H20FN3O. The maximum Gasteiger partial charge on any atom is 0.242 e. The Hall–Kier alpha value is -2.14. The average molecular weight is 289 g/mol. The van der Waals surface area contributed by atoms with E-state index in [1.807, 2.05) is 48.1 Å². The van der Waals surface area contributed by atoms with Crippen LogP contribution in [0.25, 0.3) is 0 Å². The smallest absolute Gasteiger partial charge is 0.242 e. The van der Waals surface area contributed by atoms with Crippen molar-refractivity contribution in [2.75, 3.05) is 20.6 Å². The molecule has 0 aliphatic rings. The third kappa shape index (κ3) is 4.16. The van der Waals surface area contributed by atoms with Crippen LogP contribution in [-0.4, -0.2) is 36.0 Å². The van der Waals surface area contributed by atoms with Gasteiger partial charge in [-0.25, -0.2) is 4.39 Å². The number of carbonyl (C=O) groups is 1. The molecule has 1 N–H and O–H groups in total. The molecule has 1 aromatic heterocycles. The van der Waals surface area contributed by atoms with Crippen LogP contribution in [0.15, 0.2) is 48.8 Å². The van der Waals surface area contributed by atoms with E-state index in [-0.39, 0.29) is 11.7 Å². The van der Waals surface area contributed by atoms with Gasteiger partial charge >= 0.3 is 0 Å². The van der Waals surface area contributed by atoms with E-state index in [9.17, 15) is 9.18 Å². The maximum absolute atomic E-state index is 13.0. The van der Waals surface area contributed by atoms with Crippen LogP contribution in [0.1, 0.15) is 11.6 Å². The Morgan fingerprint density at radius 3 is 2.43 bits per heavy atom. The van der Waals surface area contributed by atoms with Gasteiger partial charge in [0, 0.05) is 25.5 Å². The molecule has 0 aliphatic heterocycles. The minimum Gasteiger partial charge on any atom is -0.353 e. The third-order valence-electron chi connectivity index (χ3n) is 3.29. The fourth-order valence-electron chi connectivity index (χ4n) is 2.25. The van der Waals surface area contributed by atoms with Crippen LogP contribution < -0.4 is 5.32 Å². The Balaban J connectivity index is 1.97. The van der Waals surface area contributed by atoms with Gasteiger partial charge in [0.25, 0.3) is 0 Å². The Morgan fingerprint density at radius 1 is 1.24 bits per heavy atom. The standard InChI is InChI=1S/C16H20FN3O/c1-19(2)15(13-5-7-14(17)8-6-13)16(21)18-9-12-20-10-3-4-11-20/h3-8,10-11,15H,9,12H2,1-2H3,(H,18,21)/t15-/m0/s1. The second-order valence-electron chi connectivity index (χ2n) is 5.13. The average Bonchev–Trinajstić information content (AvgIpc) is 2.94. The minimum atomic E-state index is -0.421. The predicted octanol–water partition coefficient (Wildman–Crippen LogP) is 2.05. The molecule has 1 heterocycles. The number of benzene rings is 1. The molecule has 1 aromatic carbocycles. The number of rotatable bonds is 6. The summed E-state index contributed by atoms with van der Waals surface area (Å²) in [5, 5.41) is 2.92. The molecule has 1 amide bonds. The highest BCUT2D eigenvalue weighted by atomic mass is 19.1. The van der Waals surface area contributed by atoms with Crippen molar-refractivity contribution in [3.8, 4) is 0 Å². The quantitative estimate of drug-likeness (QED) is 0.883. The molecule has 0 bridgehead atoms. The summed E-state index contributed by atoms with van der Waals surface area (Å²) in [6.45, 7) is 1.28. The number of hydrogen-bond donors (Lipinski definition) is 1. The van der Waals surface area contributed by atoms with Crippen molar-refractivity contribution >= 4 is 5.91 Å². The van der Waals surface area contributed by atoms with E-state index < -0.39 is 6.04 Å². The molecule has 0 unspecified atom stereocenters. The van der Waals surface area contributed by atoms with E-state index in [4.69, 9.17) is 0 Å². The van der Waals surface area contributed by atoms with E-state index in [1.54, 1.807) is 12.1 Å². The summed E-state index contributed by atoms with van der Waals surface area (Å²) >= 11 is 0. The first kappa shape index (κ1) is 15.3. The molecule has 4 nitrogen and oxygen atoms in total. The summed E-state index contributed by atoms with van der Waals surface area (Å²) in [5.74, 6) is -0.386. The van der Waals surface area contributed by atoms with Crippen LogP contribution in [0.2, 0.25) is 0 Å². The lowest BCUT2D eigenvalue weighted by Crippen LogP contribution is -2.38. The Labute approximate surface area is 124 Å². The fourth-order valence-corrected chi connectivity index (χ4v) is 2.25. The molecule has 1 atom stereocenters. The van der Waals surface area contributed by atoms with Crippen molar-refractivity contribution in [3.63, 3.8) is 0 Å². The van der Waals surface area contributed by atoms with Crippen molar-refractivity contribution in [3.05, 3.63) is 60.2 Å². The second kappa shape index (κ2) is 7.04. The molecule has 0 saturated heterocycles. The number of nitrogens with one attached hydrogen (secondary N) is 1. The highest BCUT2D eigenvalue weighted by Crippen LogP contribution is 2.18. The van der Waals surface area contributed by atoms with E-state index in [1.165, 1.54) is 12.1 Å². The van der Waals surface area contributed by atoms with Crippen LogP contribution in [0, 0.1) is 5.82 Å². The molecule has 0 fully saturated rings. The molecular weight excluding hydrogens is 269 g/mol. The Bertz CT molecular complexity index is 564. The van der Waals surface area contributed by atoms with Gasteiger partial charge in [0.05, 0.1) is 0 Å². The van der Waals surface area contributed by atoms with E-state index in [0.717, 1.165) is 12.1 Å². The summed E-state index contributed by atoms with van der Waals surface area (Å²) in [4.78, 5) is 14.2. The van der Waals surface area contributed by atoms with Crippen LogP contribution in [0.4, 0.5) is 4.39 Å². The first-order valence-electron chi connectivity index (χ1n) is 6.88. The van der Waals surface area contributed by atoms with Crippen molar-refractivity contribution in [1.82, 2.24) is 14.8 Å². The SMILES string of the molecule is CN(C)[C@H](C(=O)NCCn1cccc1)c1ccc(F)cc1. The highest BCUT2D eigenvalue weighted by molar-refractivity contribution is 5.83. The second-order valence-corrected chi connectivity index (χ2v) is 5.13. The number of aromatic nitrogens is 1. The first-order valence-corrected chi connectivity index (χ1v) is 6.88. The minimum absolute atomic E-state index is 0.0845. The van der Waals surface area contributed by atoms with Crippen molar-refractivity contribution < 1.29 is 9.18 Å². The molecule has 2 rings (SSSR count). The van der Waals surface area contributed by atoms with Crippen molar-refractivity contribution in [1.29, 1.82) is 0 Å². The zero-order chi connectivity index (χ0) is 15.2. The summed E-state index contributed by atoms with van der Waals surface area (Å²) < 4.78 is 15.0. The number of nitrogens with zero attached hydrogens (tertiary/aromatic N) is 2. The van der Waals surface area contributed by atoms with Crippen molar-refractivity contribution in [2.45, 2.75) is 12.6 Å². The summed E-state index contributed by atoms with van der Waals surface area (Å²) in [5.41, 5.74) is 0.778. The number of amides is 1. The number of halogens is 1. The lowest BCUT2D eigenvalue weighted by molar-refractivity contribution is -0.125. The summed E-state index contributed by atoms with van der Waals surface area (Å²) in [6.07, 6.45) is 3.91. The zero-order valence-corrected chi connectivity index (χ0v) is 12.3. The van der Waals surface area contributed by atoms with Gasteiger partial charge in [-0.2, -0.15) is 0 Å². The highest BCUT2D eigenvalue weighted by Gasteiger charge is 2.22. The molecule has 2 aromatic rings. The van der Waals surface area contributed by atoms with Gasteiger partial charge in [-0.3, -0.25) is 9.69 Å². The van der Waals surface area contributed by atoms with Crippen LogP contribution >= 0.6 is 0 Å². The predicted molar refractivity (Wildman–Crippen MR) is 80.3 cm³/mol. The number of hydrogen-bond acceptors (Lipinski definition) is 2. The maximum atomic E-state index is 13.0. The normalized spacial score (nSPS) is 12.4. The van der Waals surface area contributed by atoms with Crippen LogP contribution in [-0.2, 0) is 11.3 Å². The fraction of sp³-hybridized carbons (Fsp3) is 0.312. The summed E-state index contributed by atoms with van der Waals surface area (Å²) in [6, 6.07) is 9.51. The zero-order valence-electron chi connectivity index (χ0n) is 12.3. The van der Waals surface area contributed by atoms with Gasteiger partial charge in [0.1, 0.15) is 11.9 Å². The van der Waals surface area contributed by atoms with Gasteiger partial charge in [0.15, 0.2) is 0 Å². The van der Waals surface area contributed by atoms with Gasteiger partial charge in [0.2, 0.25) is 5.91 Å². The lowest BCUT2D eigenvalue weighted by Gasteiger charge is -2.24. The topological polar surface area (TPSA) is 37.3 Å². The molecule has 21 heavy (non-hydrogen) atoms. The molecule has 0 radical (unpaired) electrons. The third-order valence-corrected chi connectivity index (χ3v) is 3.29. The van der Waals surface area contributed by atoms with Crippen molar-refractivity contribution in [2.24, 2.45) is 0 Å². The van der Waals surface area contributed by atoms with Gasteiger partial charge in [-0.15, -0.1) is 0 Å². The van der Waals surface area contributed by atoms with Gasteiger partial charge in [-0.1, -0.05) is 12.1 Å². The van der Waals surface area contributed by atoms with E-state index in [0.29, 0.717) is 6.54 Å². The Morgan fingerprint density at radius 2 is 1.86 bits per heavy atom. The number of likely N-dealkylation sites (N-methyl/N-ethyl adjacent to an activating group) is 1. The molecule has 0 aliphatic carbocycles. The van der Waals surface area contributed by atoms with E-state index in [2.05, 4.69) is 5.32 Å². The molecule has 0 spiro atoms. The molecule has 5 heteroatoms. The Kier molecular flexibility index (Phi) is 5.11. The van der Waals surface area contributed by atoms with Gasteiger partial charge < -0.3 is 9.88 Å².